The average Bonchev–Trinajstić information content (AvgIpc) is 2.01. The van der Waals surface area contributed by atoms with E-state index in [2.05, 4.69) is 5.32 Å². The first-order valence-electron chi connectivity index (χ1n) is 4.69. The Morgan fingerprint density at radius 2 is 2.31 bits per heavy atom. The van der Waals surface area contributed by atoms with Gasteiger partial charge in [0.05, 0.1) is 6.10 Å². The highest BCUT2D eigenvalue weighted by Gasteiger charge is 2.28. The number of primary amides is 1. The van der Waals surface area contributed by atoms with Crippen molar-refractivity contribution in [1.82, 2.24) is 5.32 Å². The second-order valence-corrected chi connectivity index (χ2v) is 3.74. The lowest BCUT2D eigenvalue weighted by Crippen LogP contribution is -2.47. The summed E-state index contributed by atoms with van der Waals surface area (Å²) in [7, 11) is 1.73. The van der Waals surface area contributed by atoms with Crippen LogP contribution >= 0.6 is 0 Å². The summed E-state index contributed by atoms with van der Waals surface area (Å²) in [5.74, 6) is -0.322. The third-order valence-electron chi connectivity index (χ3n) is 2.63. The van der Waals surface area contributed by atoms with E-state index in [4.69, 9.17) is 10.5 Å². The molecule has 0 radical (unpaired) electrons. The summed E-state index contributed by atoms with van der Waals surface area (Å²) in [5.41, 5.74) is 5.13. The standard InChI is InChI=1S/C9H18N2O2/c1-6(9(10)12)5-11-7-3-8(4-7)13-2/h6-8,11H,3-5H2,1-2H3,(H2,10,12). The van der Waals surface area contributed by atoms with Gasteiger partial charge in [0.2, 0.25) is 5.91 Å². The zero-order valence-electron chi connectivity index (χ0n) is 8.25. The lowest BCUT2D eigenvalue weighted by atomic mass is 9.89. The fourth-order valence-corrected chi connectivity index (χ4v) is 1.37. The molecule has 76 valence electrons. The van der Waals surface area contributed by atoms with E-state index in [1.165, 1.54) is 0 Å². The summed E-state index contributed by atoms with van der Waals surface area (Å²) in [6.45, 7) is 2.51. The maximum absolute atomic E-state index is 10.7. The van der Waals surface area contributed by atoms with Gasteiger partial charge in [-0.05, 0) is 12.8 Å². The van der Waals surface area contributed by atoms with Crippen LogP contribution in [-0.4, -0.2) is 31.7 Å². The summed E-state index contributed by atoms with van der Waals surface area (Å²) in [5, 5.41) is 3.28. The summed E-state index contributed by atoms with van der Waals surface area (Å²) < 4.78 is 5.14. The number of amides is 1. The number of rotatable bonds is 5. The van der Waals surface area contributed by atoms with Crippen molar-refractivity contribution in [3.05, 3.63) is 0 Å². The lowest BCUT2D eigenvalue weighted by molar-refractivity contribution is -0.121. The van der Waals surface area contributed by atoms with E-state index in [9.17, 15) is 4.79 Å². The van der Waals surface area contributed by atoms with Gasteiger partial charge in [-0.2, -0.15) is 0 Å². The van der Waals surface area contributed by atoms with Gasteiger partial charge in [0.15, 0.2) is 0 Å². The first kappa shape index (κ1) is 10.5. The van der Waals surface area contributed by atoms with Crippen molar-refractivity contribution in [2.45, 2.75) is 31.9 Å². The molecule has 1 rings (SSSR count). The SMILES string of the molecule is COC1CC(NCC(C)C(N)=O)C1. The van der Waals surface area contributed by atoms with Crippen molar-refractivity contribution in [3.63, 3.8) is 0 Å². The van der Waals surface area contributed by atoms with Crippen LogP contribution in [0.25, 0.3) is 0 Å². The summed E-state index contributed by atoms with van der Waals surface area (Å²) in [6, 6.07) is 0.506. The molecule has 0 aromatic carbocycles. The molecule has 1 amide bonds. The third-order valence-corrected chi connectivity index (χ3v) is 2.63. The van der Waals surface area contributed by atoms with Gasteiger partial charge in [-0.25, -0.2) is 0 Å². The molecule has 1 atom stereocenters. The molecule has 0 aromatic heterocycles. The van der Waals surface area contributed by atoms with E-state index in [0.717, 1.165) is 12.8 Å². The van der Waals surface area contributed by atoms with E-state index in [0.29, 0.717) is 18.7 Å². The summed E-state index contributed by atoms with van der Waals surface area (Å²) in [4.78, 5) is 10.7. The minimum Gasteiger partial charge on any atom is -0.381 e. The zero-order chi connectivity index (χ0) is 9.84. The quantitative estimate of drug-likeness (QED) is 0.629. The average molecular weight is 186 g/mol. The largest absolute Gasteiger partial charge is 0.381 e. The molecule has 3 N–H and O–H groups in total. The second kappa shape index (κ2) is 4.58. The zero-order valence-corrected chi connectivity index (χ0v) is 8.25. The first-order chi connectivity index (χ1) is 6.13. The van der Waals surface area contributed by atoms with Crippen LogP contribution in [0.5, 0.6) is 0 Å². The molecule has 0 heterocycles. The number of ether oxygens (including phenoxy) is 1. The number of hydrogen-bond acceptors (Lipinski definition) is 3. The predicted octanol–water partition coefficient (Wildman–Crippen LogP) is -0.125. The van der Waals surface area contributed by atoms with Gasteiger partial charge >= 0.3 is 0 Å². The molecule has 1 unspecified atom stereocenters. The van der Waals surface area contributed by atoms with Crippen LogP contribution in [0.3, 0.4) is 0 Å². The molecule has 1 aliphatic rings. The monoisotopic (exact) mass is 186 g/mol. The molecule has 0 aromatic rings. The normalized spacial score (nSPS) is 29.4. The van der Waals surface area contributed by atoms with Crippen LogP contribution in [0.15, 0.2) is 0 Å². The van der Waals surface area contributed by atoms with Gasteiger partial charge in [0.25, 0.3) is 0 Å². The van der Waals surface area contributed by atoms with Crippen molar-refractivity contribution in [2.75, 3.05) is 13.7 Å². The molecule has 0 aliphatic heterocycles. The van der Waals surface area contributed by atoms with E-state index >= 15 is 0 Å². The van der Waals surface area contributed by atoms with Crippen LogP contribution in [0.2, 0.25) is 0 Å². The molecule has 0 bridgehead atoms. The highest BCUT2D eigenvalue weighted by atomic mass is 16.5. The predicted molar refractivity (Wildman–Crippen MR) is 50.2 cm³/mol. The van der Waals surface area contributed by atoms with Crippen molar-refractivity contribution in [1.29, 1.82) is 0 Å². The lowest BCUT2D eigenvalue weighted by Gasteiger charge is -2.35. The molecular weight excluding hydrogens is 168 g/mol. The Hall–Kier alpha value is -0.610. The third kappa shape index (κ3) is 2.97. The molecule has 4 nitrogen and oxygen atoms in total. The van der Waals surface area contributed by atoms with Crippen molar-refractivity contribution >= 4 is 5.91 Å². The van der Waals surface area contributed by atoms with Gasteiger partial charge in [0, 0.05) is 25.6 Å². The Morgan fingerprint density at radius 1 is 1.69 bits per heavy atom. The Bertz CT molecular complexity index is 178. The van der Waals surface area contributed by atoms with Gasteiger partial charge in [0.1, 0.15) is 0 Å². The fourth-order valence-electron chi connectivity index (χ4n) is 1.37. The maximum Gasteiger partial charge on any atom is 0.221 e. The van der Waals surface area contributed by atoms with Crippen LogP contribution in [-0.2, 0) is 9.53 Å². The van der Waals surface area contributed by atoms with E-state index in [1.54, 1.807) is 7.11 Å². The minimum absolute atomic E-state index is 0.0819. The highest BCUT2D eigenvalue weighted by molar-refractivity contribution is 5.76. The second-order valence-electron chi connectivity index (χ2n) is 3.74. The summed E-state index contributed by atoms with van der Waals surface area (Å²) in [6.07, 6.45) is 2.49. The van der Waals surface area contributed by atoms with Gasteiger partial charge in [-0.1, -0.05) is 6.92 Å². The smallest absolute Gasteiger partial charge is 0.221 e. The topological polar surface area (TPSA) is 64.3 Å². The van der Waals surface area contributed by atoms with Crippen molar-refractivity contribution in [2.24, 2.45) is 11.7 Å². The number of methoxy groups -OCH3 is 1. The minimum atomic E-state index is -0.241. The number of nitrogens with one attached hydrogen (secondary N) is 1. The molecule has 1 saturated carbocycles. The van der Waals surface area contributed by atoms with Gasteiger partial charge < -0.3 is 15.8 Å². The molecule has 13 heavy (non-hydrogen) atoms. The number of carbonyl (C=O) groups excluding carboxylic acids is 1. The van der Waals surface area contributed by atoms with E-state index in [1.807, 2.05) is 6.92 Å². The van der Waals surface area contributed by atoms with Crippen LogP contribution in [0.4, 0.5) is 0 Å². The molecule has 0 spiro atoms. The number of carbonyl (C=O) groups is 1. The van der Waals surface area contributed by atoms with Crippen molar-refractivity contribution in [3.8, 4) is 0 Å². The van der Waals surface area contributed by atoms with Crippen LogP contribution in [0, 0.1) is 5.92 Å². The number of hydrogen-bond donors (Lipinski definition) is 2. The maximum atomic E-state index is 10.7. The van der Waals surface area contributed by atoms with E-state index in [-0.39, 0.29) is 11.8 Å². The van der Waals surface area contributed by atoms with Crippen molar-refractivity contribution < 1.29 is 9.53 Å². The van der Waals surface area contributed by atoms with Gasteiger partial charge in [-0.15, -0.1) is 0 Å². The molecular formula is C9H18N2O2. The highest BCUT2D eigenvalue weighted by Crippen LogP contribution is 2.22. The summed E-state index contributed by atoms with van der Waals surface area (Å²) >= 11 is 0. The van der Waals surface area contributed by atoms with E-state index < -0.39 is 0 Å². The first-order valence-corrected chi connectivity index (χ1v) is 4.69. The van der Waals surface area contributed by atoms with Crippen LogP contribution in [0.1, 0.15) is 19.8 Å². The Labute approximate surface area is 78.8 Å². The number of nitrogens with two attached hydrogens (primary N) is 1. The molecule has 0 saturated heterocycles. The van der Waals surface area contributed by atoms with Crippen LogP contribution < -0.4 is 11.1 Å². The Morgan fingerprint density at radius 3 is 2.77 bits per heavy atom. The Balaban J connectivity index is 2.05. The molecule has 1 fully saturated rings. The van der Waals surface area contributed by atoms with Gasteiger partial charge in [-0.3, -0.25) is 4.79 Å². The fraction of sp³-hybridized carbons (Fsp3) is 0.889. The molecule has 4 heteroatoms. The molecule has 1 aliphatic carbocycles. The Kier molecular flexibility index (Phi) is 3.69.